The number of rotatable bonds is 38. The Balaban J connectivity index is 2.08. The number of carbonyl (C=O) groups excluding carboxylic acids is 2. The largest absolute Gasteiger partial charge is 0.449 e. The Morgan fingerprint density at radius 1 is 0.444 bits per heavy atom. The number of nitrogens with one attached hydrogen (secondary N) is 2. The van der Waals surface area contributed by atoms with E-state index in [2.05, 4.69) is 48.1 Å². The number of ether oxygens (including phenoxy) is 2. The highest BCUT2D eigenvalue weighted by Gasteiger charge is 2.09. The van der Waals surface area contributed by atoms with Gasteiger partial charge in [-0.2, -0.15) is 0 Å². The summed E-state index contributed by atoms with van der Waals surface area (Å²) in [5.74, 6) is 0. The average Bonchev–Trinajstić information content (AvgIpc) is 3.17. The summed E-state index contributed by atoms with van der Waals surface area (Å²) in [5, 5.41) is 5.55. The highest BCUT2D eigenvalue weighted by Crippen LogP contribution is 2.17. The molecule has 0 bridgehead atoms. The summed E-state index contributed by atoms with van der Waals surface area (Å²) in [6, 6.07) is 7.06. The van der Waals surface area contributed by atoms with Crippen LogP contribution in [0.5, 0.6) is 0 Å². The minimum atomic E-state index is -0.479. The molecule has 314 valence electrons. The molecule has 8 nitrogen and oxygen atoms in total. The van der Waals surface area contributed by atoms with Crippen LogP contribution in [0.2, 0.25) is 0 Å². The summed E-state index contributed by atoms with van der Waals surface area (Å²) in [7, 11) is 0. The second-order valence-corrected chi connectivity index (χ2v) is 15.5. The van der Waals surface area contributed by atoms with Crippen LogP contribution in [0.4, 0.5) is 21.0 Å². The van der Waals surface area contributed by atoms with Crippen LogP contribution in [0.25, 0.3) is 0 Å². The predicted octanol–water partition coefficient (Wildman–Crippen LogP) is 13.6. The predicted molar refractivity (Wildman–Crippen MR) is 232 cm³/mol. The van der Waals surface area contributed by atoms with Crippen molar-refractivity contribution in [1.82, 2.24) is 9.80 Å². The van der Waals surface area contributed by atoms with Gasteiger partial charge in [-0.25, -0.2) is 9.59 Å². The van der Waals surface area contributed by atoms with Gasteiger partial charge in [-0.05, 0) is 96.0 Å². The van der Waals surface area contributed by atoms with E-state index in [0.717, 1.165) is 65.0 Å². The number of amides is 2. The van der Waals surface area contributed by atoms with Crippen LogP contribution in [-0.2, 0) is 9.47 Å². The van der Waals surface area contributed by atoms with E-state index in [1.807, 2.05) is 0 Å². The molecule has 1 aromatic rings. The summed E-state index contributed by atoms with van der Waals surface area (Å²) < 4.78 is 10.9. The molecule has 0 unspecified atom stereocenters. The molecule has 0 aliphatic carbocycles. The third-order valence-corrected chi connectivity index (χ3v) is 10.6. The first-order valence-corrected chi connectivity index (χ1v) is 22.9. The lowest BCUT2D eigenvalue weighted by molar-refractivity contribution is 0.156. The van der Waals surface area contributed by atoms with E-state index in [1.165, 1.54) is 141 Å². The van der Waals surface area contributed by atoms with Gasteiger partial charge < -0.3 is 19.3 Å². The summed E-state index contributed by atoms with van der Waals surface area (Å²) in [6.07, 6.45) is 32.9. The normalized spacial score (nSPS) is 11.4. The van der Waals surface area contributed by atoms with Crippen LogP contribution in [0.15, 0.2) is 24.3 Å². The van der Waals surface area contributed by atoms with Gasteiger partial charge in [0.05, 0.1) is 13.2 Å². The van der Waals surface area contributed by atoms with Gasteiger partial charge in [0, 0.05) is 11.4 Å². The average molecular weight is 759 g/mol. The van der Waals surface area contributed by atoms with Crippen LogP contribution in [0.3, 0.4) is 0 Å². The van der Waals surface area contributed by atoms with Gasteiger partial charge in [0.2, 0.25) is 0 Å². The first kappa shape index (κ1) is 49.7. The van der Waals surface area contributed by atoms with E-state index >= 15 is 0 Å². The molecule has 0 aliphatic heterocycles. The van der Waals surface area contributed by atoms with Crippen molar-refractivity contribution in [3.8, 4) is 0 Å². The van der Waals surface area contributed by atoms with Crippen molar-refractivity contribution in [3.63, 3.8) is 0 Å². The van der Waals surface area contributed by atoms with E-state index in [9.17, 15) is 9.59 Å². The molecule has 2 amide bonds. The molecule has 0 atom stereocenters. The maximum atomic E-state index is 12.4. The number of hydrogen-bond acceptors (Lipinski definition) is 6. The molecule has 1 rings (SSSR count). The quantitative estimate of drug-likeness (QED) is 0.0654. The van der Waals surface area contributed by atoms with Gasteiger partial charge in [-0.1, -0.05) is 162 Å². The Bertz CT molecular complexity index is 920. The molecule has 8 heteroatoms. The molecular weight excluding hydrogens is 673 g/mol. The topological polar surface area (TPSA) is 83.1 Å². The number of unbranched alkanes of at least 4 members (excludes halogenated alkanes) is 22. The molecule has 0 saturated carbocycles. The lowest BCUT2D eigenvalue weighted by Gasteiger charge is -2.20. The Morgan fingerprint density at radius 3 is 1.06 bits per heavy atom. The van der Waals surface area contributed by atoms with E-state index in [4.69, 9.17) is 9.47 Å². The van der Waals surface area contributed by atoms with Gasteiger partial charge in [-0.3, -0.25) is 10.6 Å². The SMILES string of the molecule is CCCCCCCCCCCCCN(CC)CCCCOC(=O)Nc1cccc(NC(=O)OCCCCN(CC)CCCCCCCCCCCCC)c1. The van der Waals surface area contributed by atoms with Crippen molar-refractivity contribution in [2.45, 2.75) is 195 Å². The van der Waals surface area contributed by atoms with Gasteiger partial charge in [0.1, 0.15) is 0 Å². The Morgan fingerprint density at radius 2 is 0.741 bits per heavy atom. The third kappa shape index (κ3) is 30.9. The van der Waals surface area contributed by atoms with Crippen molar-refractivity contribution in [2.24, 2.45) is 0 Å². The first-order valence-electron chi connectivity index (χ1n) is 22.9. The van der Waals surface area contributed by atoms with E-state index in [-0.39, 0.29) is 0 Å². The Labute approximate surface area is 333 Å². The maximum absolute atomic E-state index is 12.4. The van der Waals surface area contributed by atoms with Crippen LogP contribution in [0.1, 0.15) is 195 Å². The zero-order chi connectivity index (χ0) is 39.2. The highest BCUT2D eigenvalue weighted by molar-refractivity contribution is 5.88. The van der Waals surface area contributed by atoms with Crippen molar-refractivity contribution in [1.29, 1.82) is 0 Å². The number of anilines is 2. The molecule has 0 fully saturated rings. The molecular formula is C46H86N4O4. The van der Waals surface area contributed by atoms with Crippen molar-refractivity contribution in [3.05, 3.63) is 24.3 Å². The number of carbonyl (C=O) groups is 2. The van der Waals surface area contributed by atoms with E-state index < -0.39 is 12.2 Å². The van der Waals surface area contributed by atoms with E-state index in [0.29, 0.717) is 24.6 Å². The number of hydrogen-bond donors (Lipinski definition) is 2. The van der Waals surface area contributed by atoms with Gasteiger partial charge in [-0.15, -0.1) is 0 Å². The fraction of sp³-hybridized carbons (Fsp3) is 0.826. The number of benzene rings is 1. The summed E-state index contributed by atoms with van der Waals surface area (Å²) in [6.45, 7) is 16.3. The minimum Gasteiger partial charge on any atom is -0.449 e. The Kier molecular flexibility index (Phi) is 34.6. The molecule has 2 N–H and O–H groups in total. The highest BCUT2D eigenvalue weighted by atomic mass is 16.6. The minimum absolute atomic E-state index is 0.390. The van der Waals surface area contributed by atoms with Gasteiger partial charge in [0.15, 0.2) is 0 Å². The summed E-state index contributed by atoms with van der Waals surface area (Å²) in [4.78, 5) is 29.8. The summed E-state index contributed by atoms with van der Waals surface area (Å²) in [5.41, 5.74) is 1.14. The lowest BCUT2D eigenvalue weighted by Crippen LogP contribution is -2.26. The van der Waals surface area contributed by atoms with Crippen LogP contribution < -0.4 is 10.6 Å². The first-order chi connectivity index (χ1) is 26.5. The summed E-state index contributed by atoms with van der Waals surface area (Å²) >= 11 is 0. The third-order valence-electron chi connectivity index (χ3n) is 10.6. The van der Waals surface area contributed by atoms with Crippen LogP contribution >= 0.6 is 0 Å². The lowest BCUT2D eigenvalue weighted by atomic mass is 10.1. The zero-order valence-corrected chi connectivity index (χ0v) is 35.9. The monoisotopic (exact) mass is 759 g/mol. The second-order valence-electron chi connectivity index (χ2n) is 15.5. The van der Waals surface area contributed by atoms with Crippen molar-refractivity contribution in [2.75, 3.05) is 63.1 Å². The second kappa shape index (κ2) is 37.6. The fourth-order valence-electron chi connectivity index (χ4n) is 7.04. The smallest absolute Gasteiger partial charge is 0.411 e. The molecule has 54 heavy (non-hydrogen) atoms. The standard InChI is InChI=1S/C46H86N4O4/c1-5-9-11-13-15-17-19-21-23-25-27-36-49(7-3)38-29-31-40-53-45(51)47-43-34-33-35-44(42-43)48-46(52)54-41-32-30-39-50(8-4)37-28-26-24-22-20-18-16-14-12-10-6-2/h33-35,42H,5-32,36-41H2,1-4H3,(H,47,51)(H,48,52). The zero-order valence-electron chi connectivity index (χ0n) is 35.9. The molecule has 0 aromatic heterocycles. The molecule has 0 saturated heterocycles. The number of nitrogens with zero attached hydrogens (tertiary/aromatic N) is 2. The molecule has 1 aromatic carbocycles. The van der Waals surface area contributed by atoms with Crippen LogP contribution in [0, 0.1) is 0 Å². The van der Waals surface area contributed by atoms with E-state index in [1.54, 1.807) is 24.3 Å². The molecule has 0 heterocycles. The maximum Gasteiger partial charge on any atom is 0.411 e. The molecule has 0 spiro atoms. The fourth-order valence-corrected chi connectivity index (χ4v) is 7.04. The Hall–Kier alpha value is -2.32. The van der Waals surface area contributed by atoms with Gasteiger partial charge >= 0.3 is 12.2 Å². The molecule has 0 aliphatic rings. The molecule has 0 radical (unpaired) electrons. The van der Waals surface area contributed by atoms with Crippen molar-refractivity contribution >= 4 is 23.6 Å². The van der Waals surface area contributed by atoms with Crippen molar-refractivity contribution < 1.29 is 19.1 Å². The van der Waals surface area contributed by atoms with Gasteiger partial charge in [0.25, 0.3) is 0 Å². The van der Waals surface area contributed by atoms with Crippen LogP contribution in [-0.4, -0.2) is 74.5 Å².